The molecule has 0 aliphatic heterocycles. The maximum Gasteiger partial charge on any atom is 0.222 e. The molecule has 6 heteroatoms. The summed E-state index contributed by atoms with van der Waals surface area (Å²) in [6.07, 6.45) is 3.52. The highest BCUT2D eigenvalue weighted by Crippen LogP contribution is 2.28. The molecule has 2 N–H and O–H groups in total. The quantitative estimate of drug-likeness (QED) is 0.639. The number of benzene rings is 1. The molecule has 1 aromatic carbocycles. The molecule has 0 saturated heterocycles. The lowest BCUT2D eigenvalue weighted by Gasteiger charge is -2.13. The predicted molar refractivity (Wildman–Crippen MR) is 101 cm³/mol. The van der Waals surface area contributed by atoms with Crippen molar-refractivity contribution < 1.29 is 14.3 Å². The zero-order valence-corrected chi connectivity index (χ0v) is 15.6. The van der Waals surface area contributed by atoms with Gasteiger partial charge in [-0.3, -0.25) is 9.78 Å². The van der Waals surface area contributed by atoms with E-state index in [2.05, 4.69) is 15.6 Å². The molecule has 1 heterocycles. The fourth-order valence-electron chi connectivity index (χ4n) is 2.30. The number of nitrogens with one attached hydrogen (secondary N) is 2. The van der Waals surface area contributed by atoms with Crippen LogP contribution in [0.3, 0.4) is 0 Å². The molecule has 0 bridgehead atoms. The van der Waals surface area contributed by atoms with E-state index in [9.17, 15) is 4.79 Å². The minimum atomic E-state index is 0.0103. The number of methoxy groups -OCH3 is 1. The van der Waals surface area contributed by atoms with Crippen LogP contribution in [0.1, 0.15) is 25.0 Å². The second kappa shape index (κ2) is 10.4. The van der Waals surface area contributed by atoms with Gasteiger partial charge < -0.3 is 20.1 Å². The molecule has 140 valence electrons. The van der Waals surface area contributed by atoms with Crippen LogP contribution in [0.5, 0.6) is 11.5 Å². The largest absolute Gasteiger partial charge is 0.493 e. The molecule has 0 spiro atoms. The number of aromatic nitrogens is 1. The Bertz CT molecular complexity index is 690. The molecule has 0 saturated carbocycles. The molecule has 0 radical (unpaired) electrons. The lowest BCUT2D eigenvalue weighted by Crippen LogP contribution is -2.34. The molecular weight excluding hydrogens is 330 g/mol. The Morgan fingerprint density at radius 1 is 1.15 bits per heavy atom. The van der Waals surface area contributed by atoms with Crippen molar-refractivity contribution in [2.75, 3.05) is 20.2 Å². The SMILES string of the molecule is COc1ccc(CNCCNC(=O)C(C)C)cc1OCc1cccnc1. The Hall–Kier alpha value is -2.60. The molecule has 1 amide bonds. The van der Waals surface area contributed by atoms with Crippen molar-refractivity contribution >= 4 is 5.91 Å². The zero-order valence-electron chi connectivity index (χ0n) is 15.6. The second-order valence-electron chi connectivity index (χ2n) is 6.26. The first-order valence-corrected chi connectivity index (χ1v) is 8.77. The average Bonchev–Trinajstić information content (AvgIpc) is 2.66. The van der Waals surface area contributed by atoms with Crippen LogP contribution in [0.25, 0.3) is 0 Å². The molecule has 0 atom stereocenters. The zero-order chi connectivity index (χ0) is 18.8. The van der Waals surface area contributed by atoms with Crippen LogP contribution in [-0.2, 0) is 17.9 Å². The van der Waals surface area contributed by atoms with Crippen LogP contribution in [0.15, 0.2) is 42.7 Å². The number of nitrogens with zero attached hydrogens (tertiary/aromatic N) is 1. The van der Waals surface area contributed by atoms with Crippen molar-refractivity contribution in [3.8, 4) is 11.5 Å². The van der Waals surface area contributed by atoms with Gasteiger partial charge in [-0.25, -0.2) is 0 Å². The second-order valence-corrected chi connectivity index (χ2v) is 6.26. The summed E-state index contributed by atoms with van der Waals surface area (Å²) in [5.41, 5.74) is 2.08. The monoisotopic (exact) mass is 357 g/mol. The minimum absolute atomic E-state index is 0.0103. The highest BCUT2D eigenvalue weighted by molar-refractivity contribution is 5.77. The number of pyridine rings is 1. The van der Waals surface area contributed by atoms with E-state index < -0.39 is 0 Å². The summed E-state index contributed by atoms with van der Waals surface area (Å²) >= 11 is 0. The van der Waals surface area contributed by atoms with Gasteiger partial charge in [0.2, 0.25) is 5.91 Å². The predicted octanol–water partition coefficient (Wildman–Crippen LogP) is 2.53. The standard InChI is InChI=1S/C20H27N3O3/c1-15(2)20(24)23-10-9-22-12-16-6-7-18(25-3)19(11-16)26-14-17-5-4-8-21-13-17/h4-8,11,13,15,22H,9-10,12,14H2,1-3H3,(H,23,24). The summed E-state index contributed by atoms with van der Waals surface area (Å²) in [4.78, 5) is 15.6. The van der Waals surface area contributed by atoms with Gasteiger partial charge in [0.15, 0.2) is 11.5 Å². The maximum atomic E-state index is 11.5. The van der Waals surface area contributed by atoms with E-state index in [1.165, 1.54) is 0 Å². The summed E-state index contributed by atoms with van der Waals surface area (Å²) in [5, 5.41) is 6.20. The third-order valence-corrected chi connectivity index (χ3v) is 3.80. The van der Waals surface area contributed by atoms with E-state index in [1.807, 2.05) is 44.2 Å². The smallest absolute Gasteiger partial charge is 0.222 e. The van der Waals surface area contributed by atoms with Crippen LogP contribution in [-0.4, -0.2) is 31.1 Å². The number of hydrogen-bond donors (Lipinski definition) is 2. The fraction of sp³-hybridized carbons (Fsp3) is 0.400. The van der Waals surface area contributed by atoms with Crippen LogP contribution >= 0.6 is 0 Å². The molecular formula is C20H27N3O3. The van der Waals surface area contributed by atoms with Gasteiger partial charge in [-0.1, -0.05) is 26.0 Å². The van der Waals surface area contributed by atoms with Crippen molar-refractivity contribution in [1.29, 1.82) is 0 Å². The maximum absolute atomic E-state index is 11.5. The number of hydrogen-bond acceptors (Lipinski definition) is 5. The first-order valence-electron chi connectivity index (χ1n) is 8.77. The van der Waals surface area contributed by atoms with Gasteiger partial charge in [0, 0.05) is 43.5 Å². The van der Waals surface area contributed by atoms with Gasteiger partial charge in [-0.2, -0.15) is 0 Å². The van der Waals surface area contributed by atoms with Gasteiger partial charge in [0.05, 0.1) is 7.11 Å². The van der Waals surface area contributed by atoms with Crippen molar-refractivity contribution in [1.82, 2.24) is 15.6 Å². The molecule has 0 fully saturated rings. The average molecular weight is 357 g/mol. The molecule has 1 aromatic heterocycles. The van der Waals surface area contributed by atoms with Gasteiger partial charge in [-0.05, 0) is 23.8 Å². The number of rotatable bonds is 10. The molecule has 0 aliphatic rings. The summed E-state index contributed by atoms with van der Waals surface area (Å²) in [5.74, 6) is 1.48. The van der Waals surface area contributed by atoms with E-state index in [4.69, 9.17) is 9.47 Å². The molecule has 2 rings (SSSR count). The lowest BCUT2D eigenvalue weighted by atomic mass is 10.2. The Kier molecular flexibility index (Phi) is 7.89. The van der Waals surface area contributed by atoms with Crippen LogP contribution in [0.4, 0.5) is 0 Å². The summed E-state index contributed by atoms with van der Waals surface area (Å²) < 4.78 is 11.3. The Morgan fingerprint density at radius 2 is 2.00 bits per heavy atom. The van der Waals surface area contributed by atoms with Crippen LogP contribution in [0.2, 0.25) is 0 Å². The Balaban J connectivity index is 1.84. The normalized spacial score (nSPS) is 10.6. The van der Waals surface area contributed by atoms with Crippen molar-refractivity contribution in [2.45, 2.75) is 27.0 Å². The topological polar surface area (TPSA) is 72.5 Å². The van der Waals surface area contributed by atoms with Gasteiger partial charge in [-0.15, -0.1) is 0 Å². The van der Waals surface area contributed by atoms with Gasteiger partial charge >= 0.3 is 0 Å². The summed E-state index contributed by atoms with van der Waals surface area (Å²) in [7, 11) is 1.63. The molecule has 6 nitrogen and oxygen atoms in total. The van der Waals surface area contributed by atoms with E-state index in [1.54, 1.807) is 19.5 Å². The number of carbonyl (C=O) groups is 1. The summed E-state index contributed by atoms with van der Waals surface area (Å²) in [6.45, 7) is 6.20. The fourth-order valence-corrected chi connectivity index (χ4v) is 2.30. The first kappa shape index (κ1) is 19.7. The van der Waals surface area contributed by atoms with E-state index in [0.29, 0.717) is 37.7 Å². The highest BCUT2D eigenvalue weighted by Gasteiger charge is 2.07. The number of amides is 1. The molecule has 0 aliphatic carbocycles. The molecule has 26 heavy (non-hydrogen) atoms. The van der Waals surface area contributed by atoms with E-state index in [0.717, 1.165) is 11.1 Å². The van der Waals surface area contributed by atoms with Crippen molar-refractivity contribution in [3.05, 3.63) is 53.9 Å². The minimum Gasteiger partial charge on any atom is -0.493 e. The van der Waals surface area contributed by atoms with Crippen molar-refractivity contribution in [2.24, 2.45) is 5.92 Å². The number of carbonyl (C=O) groups excluding carboxylic acids is 1. The van der Waals surface area contributed by atoms with E-state index in [-0.39, 0.29) is 11.8 Å². The Morgan fingerprint density at radius 3 is 2.69 bits per heavy atom. The third-order valence-electron chi connectivity index (χ3n) is 3.80. The third kappa shape index (κ3) is 6.37. The van der Waals surface area contributed by atoms with Crippen LogP contribution < -0.4 is 20.1 Å². The highest BCUT2D eigenvalue weighted by atomic mass is 16.5. The van der Waals surface area contributed by atoms with Crippen LogP contribution in [0, 0.1) is 5.92 Å². The van der Waals surface area contributed by atoms with Gasteiger partial charge in [0.1, 0.15) is 6.61 Å². The Labute approximate surface area is 154 Å². The lowest BCUT2D eigenvalue weighted by molar-refractivity contribution is -0.123. The van der Waals surface area contributed by atoms with Gasteiger partial charge in [0.25, 0.3) is 0 Å². The van der Waals surface area contributed by atoms with E-state index >= 15 is 0 Å². The summed E-state index contributed by atoms with van der Waals surface area (Å²) in [6, 6.07) is 9.71. The molecule has 0 unspecified atom stereocenters. The number of ether oxygens (including phenoxy) is 2. The molecule has 2 aromatic rings. The first-order chi connectivity index (χ1) is 12.6. The van der Waals surface area contributed by atoms with Crippen molar-refractivity contribution in [3.63, 3.8) is 0 Å².